The number of aromatic nitrogens is 2. The Balaban J connectivity index is 2.02. The first-order valence-corrected chi connectivity index (χ1v) is 9.39. The van der Waals surface area contributed by atoms with Crippen LogP contribution < -0.4 is 4.72 Å². The van der Waals surface area contributed by atoms with Crippen molar-refractivity contribution in [2.75, 3.05) is 4.72 Å². The summed E-state index contributed by atoms with van der Waals surface area (Å²) in [5.41, 5.74) is 1.19. The van der Waals surface area contributed by atoms with E-state index >= 15 is 0 Å². The van der Waals surface area contributed by atoms with Crippen LogP contribution in [0.15, 0.2) is 59.5 Å². The van der Waals surface area contributed by atoms with Crippen molar-refractivity contribution >= 4 is 15.7 Å². The SMILES string of the molecule is Cc1cc(C)n(-c2ccccc2NS(=O)(=O)c2cccc(C(F)(F)F)c2)n1. The van der Waals surface area contributed by atoms with E-state index in [0.29, 0.717) is 11.8 Å². The van der Waals surface area contributed by atoms with Gasteiger partial charge in [-0.1, -0.05) is 18.2 Å². The molecule has 3 aromatic rings. The predicted molar refractivity (Wildman–Crippen MR) is 95.3 cm³/mol. The van der Waals surface area contributed by atoms with Gasteiger partial charge in [0.25, 0.3) is 10.0 Å². The van der Waals surface area contributed by atoms with Crippen molar-refractivity contribution in [2.45, 2.75) is 24.9 Å². The van der Waals surface area contributed by atoms with Crippen molar-refractivity contribution in [3.8, 4) is 5.69 Å². The minimum Gasteiger partial charge on any atom is -0.277 e. The van der Waals surface area contributed by atoms with E-state index in [1.165, 1.54) is 6.07 Å². The maximum atomic E-state index is 12.9. The summed E-state index contributed by atoms with van der Waals surface area (Å²) in [6.45, 7) is 3.62. The molecule has 0 aliphatic rings. The Morgan fingerprint density at radius 3 is 2.33 bits per heavy atom. The molecule has 0 saturated carbocycles. The molecule has 0 aliphatic carbocycles. The molecule has 1 heterocycles. The number of nitrogens with one attached hydrogen (secondary N) is 1. The molecule has 0 aliphatic heterocycles. The van der Waals surface area contributed by atoms with Gasteiger partial charge < -0.3 is 0 Å². The van der Waals surface area contributed by atoms with Crippen LogP contribution in [0.1, 0.15) is 17.0 Å². The number of sulfonamides is 1. The molecule has 0 fully saturated rings. The molecular formula is C18H16F3N3O2S. The number of rotatable bonds is 4. The molecule has 1 aromatic heterocycles. The Morgan fingerprint density at radius 1 is 1.00 bits per heavy atom. The van der Waals surface area contributed by atoms with Crippen LogP contribution in [0.2, 0.25) is 0 Å². The molecule has 0 radical (unpaired) electrons. The van der Waals surface area contributed by atoms with Gasteiger partial charge in [0.2, 0.25) is 0 Å². The third-order valence-corrected chi connectivity index (χ3v) is 5.22. The van der Waals surface area contributed by atoms with Gasteiger partial charge in [-0.15, -0.1) is 0 Å². The Bertz CT molecular complexity index is 1090. The Kier molecular flexibility index (Phi) is 4.73. The molecule has 9 heteroatoms. The fourth-order valence-corrected chi connectivity index (χ4v) is 3.78. The van der Waals surface area contributed by atoms with Crippen LogP contribution in [0.25, 0.3) is 5.69 Å². The smallest absolute Gasteiger partial charge is 0.277 e. The number of benzene rings is 2. The predicted octanol–water partition coefficient (Wildman–Crippen LogP) is 4.31. The molecule has 142 valence electrons. The first-order chi connectivity index (χ1) is 12.6. The highest BCUT2D eigenvalue weighted by molar-refractivity contribution is 7.92. The monoisotopic (exact) mass is 395 g/mol. The quantitative estimate of drug-likeness (QED) is 0.716. The van der Waals surface area contributed by atoms with Crippen molar-refractivity contribution in [1.82, 2.24) is 9.78 Å². The molecule has 0 spiro atoms. The topological polar surface area (TPSA) is 64.0 Å². The molecule has 0 bridgehead atoms. The maximum Gasteiger partial charge on any atom is 0.416 e. The number of nitrogens with zero attached hydrogens (tertiary/aromatic N) is 2. The zero-order valence-corrected chi connectivity index (χ0v) is 15.3. The van der Waals surface area contributed by atoms with E-state index < -0.39 is 26.7 Å². The lowest BCUT2D eigenvalue weighted by Crippen LogP contribution is -2.16. The highest BCUT2D eigenvalue weighted by Gasteiger charge is 2.31. The third-order valence-electron chi connectivity index (χ3n) is 3.86. The van der Waals surface area contributed by atoms with Crippen molar-refractivity contribution in [1.29, 1.82) is 0 Å². The summed E-state index contributed by atoms with van der Waals surface area (Å²) >= 11 is 0. The number of alkyl halides is 3. The van der Waals surface area contributed by atoms with Crippen molar-refractivity contribution < 1.29 is 21.6 Å². The van der Waals surface area contributed by atoms with Crippen LogP contribution in [-0.4, -0.2) is 18.2 Å². The zero-order chi connectivity index (χ0) is 19.8. The van der Waals surface area contributed by atoms with E-state index in [9.17, 15) is 21.6 Å². The summed E-state index contributed by atoms with van der Waals surface area (Å²) in [4.78, 5) is -0.472. The van der Waals surface area contributed by atoms with Gasteiger partial charge in [-0.05, 0) is 50.2 Å². The number of aryl methyl sites for hydroxylation is 2. The van der Waals surface area contributed by atoms with Crippen LogP contribution in [0.5, 0.6) is 0 Å². The standard InChI is InChI=1S/C18H16F3N3O2S/c1-12-10-13(2)24(22-12)17-9-4-3-8-16(17)23-27(25,26)15-7-5-6-14(11-15)18(19,20)21/h3-11,23H,1-2H3. The molecule has 3 rings (SSSR count). The third kappa shape index (κ3) is 3.97. The Morgan fingerprint density at radius 2 is 1.70 bits per heavy atom. The molecule has 5 nitrogen and oxygen atoms in total. The molecule has 1 N–H and O–H groups in total. The number of hydrogen-bond acceptors (Lipinski definition) is 3. The van der Waals surface area contributed by atoms with Gasteiger partial charge in [0.05, 0.1) is 27.5 Å². The van der Waals surface area contributed by atoms with Gasteiger partial charge in [-0.25, -0.2) is 13.1 Å². The maximum absolute atomic E-state index is 12.9. The largest absolute Gasteiger partial charge is 0.416 e. The minimum absolute atomic E-state index is 0.209. The van der Waals surface area contributed by atoms with Crippen molar-refractivity contribution in [2.24, 2.45) is 0 Å². The molecular weight excluding hydrogens is 379 g/mol. The van der Waals surface area contributed by atoms with Crippen molar-refractivity contribution in [3.63, 3.8) is 0 Å². The number of halogens is 3. The summed E-state index contributed by atoms with van der Waals surface area (Å²) < 4.78 is 67.9. The van der Waals surface area contributed by atoms with E-state index in [2.05, 4.69) is 9.82 Å². The summed E-state index contributed by atoms with van der Waals surface area (Å²) in [5, 5.41) is 4.32. The van der Waals surface area contributed by atoms with Gasteiger partial charge in [0.15, 0.2) is 0 Å². The average Bonchev–Trinajstić information content (AvgIpc) is 2.92. The molecule has 2 aromatic carbocycles. The lowest BCUT2D eigenvalue weighted by molar-refractivity contribution is -0.137. The Labute approximate surface area is 154 Å². The second kappa shape index (κ2) is 6.73. The second-order valence-corrected chi connectivity index (χ2v) is 7.67. The minimum atomic E-state index is -4.63. The number of hydrogen-bond donors (Lipinski definition) is 1. The summed E-state index contributed by atoms with van der Waals surface area (Å²) in [5.74, 6) is 0. The van der Waals surface area contributed by atoms with Crippen LogP contribution >= 0.6 is 0 Å². The van der Waals surface area contributed by atoms with Gasteiger partial charge >= 0.3 is 6.18 Å². The fraction of sp³-hybridized carbons (Fsp3) is 0.167. The van der Waals surface area contributed by atoms with E-state index in [0.717, 1.165) is 29.6 Å². The van der Waals surface area contributed by atoms with Crippen LogP contribution in [0.4, 0.5) is 18.9 Å². The fourth-order valence-electron chi connectivity index (χ4n) is 2.66. The summed E-state index contributed by atoms with van der Waals surface area (Å²) in [6.07, 6.45) is -4.63. The van der Waals surface area contributed by atoms with Gasteiger partial charge in [0.1, 0.15) is 0 Å². The second-order valence-electron chi connectivity index (χ2n) is 5.99. The van der Waals surface area contributed by atoms with Gasteiger partial charge in [0, 0.05) is 5.69 Å². The van der Waals surface area contributed by atoms with Crippen molar-refractivity contribution in [3.05, 3.63) is 71.5 Å². The number of anilines is 1. The first-order valence-electron chi connectivity index (χ1n) is 7.91. The lowest BCUT2D eigenvalue weighted by Gasteiger charge is -2.14. The average molecular weight is 395 g/mol. The van der Waals surface area contributed by atoms with Gasteiger partial charge in [-0.3, -0.25) is 4.72 Å². The molecule has 27 heavy (non-hydrogen) atoms. The van der Waals surface area contributed by atoms with Gasteiger partial charge in [-0.2, -0.15) is 18.3 Å². The molecule has 0 amide bonds. The highest BCUT2D eigenvalue weighted by atomic mass is 32.2. The molecule has 0 atom stereocenters. The van der Waals surface area contributed by atoms with E-state index in [4.69, 9.17) is 0 Å². The first kappa shape index (κ1) is 19.0. The lowest BCUT2D eigenvalue weighted by atomic mass is 10.2. The van der Waals surface area contributed by atoms with Crippen LogP contribution in [0.3, 0.4) is 0 Å². The highest BCUT2D eigenvalue weighted by Crippen LogP contribution is 2.31. The van der Waals surface area contributed by atoms with E-state index in [1.807, 2.05) is 13.0 Å². The van der Waals surface area contributed by atoms with E-state index in [1.54, 1.807) is 29.8 Å². The van der Waals surface area contributed by atoms with Crippen LogP contribution in [0, 0.1) is 13.8 Å². The molecule has 0 saturated heterocycles. The van der Waals surface area contributed by atoms with Crippen LogP contribution in [-0.2, 0) is 16.2 Å². The van der Waals surface area contributed by atoms with E-state index in [-0.39, 0.29) is 5.69 Å². The Hall–Kier alpha value is -2.81. The molecule has 0 unspecified atom stereocenters. The zero-order valence-electron chi connectivity index (χ0n) is 14.4. The summed E-state index contributed by atoms with van der Waals surface area (Å²) in [6, 6.07) is 12.0. The summed E-state index contributed by atoms with van der Waals surface area (Å²) in [7, 11) is -4.22. The number of para-hydroxylation sites is 2. The normalized spacial score (nSPS) is 12.2.